The van der Waals surface area contributed by atoms with Gasteiger partial charge in [0, 0.05) is 54.9 Å². The van der Waals surface area contributed by atoms with Crippen LogP contribution in [0.5, 0.6) is 0 Å². The molecule has 0 bridgehead atoms. The molecule has 5 rings (SSSR count). The molecule has 1 unspecified atom stereocenters. The molecule has 0 aliphatic carbocycles. The highest BCUT2D eigenvalue weighted by atomic mass is 32.2. The van der Waals surface area contributed by atoms with E-state index < -0.39 is 32.1 Å². The molecule has 4 aromatic rings. The molecule has 0 saturated carbocycles. The Morgan fingerprint density at radius 2 is 1.51 bits per heavy atom. The first-order chi connectivity index (χ1) is 20.6. The molecule has 1 saturated heterocycles. The molecule has 1 atom stereocenters. The van der Waals surface area contributed by atoms with Gasteiger partial charge in [0.25, 0.3) is 23.0 Å². The van der Waals surface area contributed by atoms with E-state index in [0.717, 1.165) is 22.0 Å². The van der Waals surface area contributed by atoms with Gasteiger partial charge in [-0.05, 0) is 54.0 Å². The average Bonchev–Trinajstić information content (AvgIpc) is 3.55. The summed E-state index contributed by atoms with van der Waals surface area (Å²) in [4.78, 5) is 59.6. The summed E-state index contributed by atoms with van der Waals surface area (Å²) < 4.78 is 1.59. The number of non-ortho nitro benzene ring substituents is 3. The quantitative estimate of drug-likeness (QED) is 0.115. The molecule has 3 aromatic carbocycles. The molecule has 15 nitrogen and oxygen atoms in total. The zero-order valence-electron chi connectivity index (χ0n) is 22.1. The molecular formula is C27H21N7O8S. The minimum absolute atomic E-state index is 0.0672. The largest absolute Gasteiger partial charge is 0.338 e. The van der Waals surface area contributed by atoms with Crippen LogP contribution in [0.2, 0.25) is 0 Å². The molecule has 0 spiro atoms. The Bertz CT molecular complexity index is 1790. The summed E-state index contributed by atoms with van der Waals surface area (Å²) in [5.41, 5.74) is 1.24. The molecule has 16 heteroatoms. The molecule has 1 N–H and O–H groups in total. The van der Waals surface area contributed by atoms with Crippen molar-refractivity contribution in [2.24, 2.45) is 0 Å². The van der Waals surface area contributed by atoms with Gasteiger partial charge in [-0.3, -0.25) is 39.8 Å². The van der Waals surface area contributed by atoms with Crippen LogP contribution in [0.15, 0.2) is 77.8 Å². The second-order valence-electron chi connectivity index (χ2n) is 9.30. The number of hydrogen-bond acceptors (Lipinski definition) is 10. The molecule has 1 aliphatic heterocycles. The third-order valence-corrected chi connectivity index (χ3v) is 7.83. The number of nitro groups is 3. The van der Waals surface area contributed by atoms with Crippen LogP contribution in [-0.4, -0.2) is 47.9 Å². The van der Waals surface area contributed by atoms with Gasteiger partial charge < -0.3 is 5.32 Å². The summed E-state index contributed by atoms with van der Waals surface area (Å²) in [6.07, 6.45) is 3.50. The van der Waals surface area contributed by atoms with Crippen molar-refractivity contribution >= 4 is 57.7 Å². The predicted molar refractivity (Wildman–Crippen MR) is 156 cm³/mol. The monoisotopic (exact) mass is 603 g/mol. The number of nitro benzene ring substituents is 3. The van der Waals surface area contributed by atoms with E-state index in [2.05, 4.69) is 10.4 Å². The second-order valence-corrected chi connectivity index (χ2v) is 10.4. The van der Waals surface area contributed by atoms with E-state index in [0.29, 0.717) is 29.6 Å². The third-order valence-electron chi connectivity index (χ3n) is 6.57. The average molecular weight is 604 g/mol. The third kappa shape index (κ3) is 6.18. The van der Waals surface area contributed by atoms with E-state index in [4.69, 9.17) is 0 Å². The summed E-state index contributed by atoms with van der Waals surface area (Å²) in [6, 6.07) is 14.8. The Morgan fingerprint density at radius 1 is 0.907 bits per heavy atom. The van der Waals surface area contributed by atoms with Crippen molar-refractivity contribution in [3.63, 3.8) is 0 Å². The number of imide groups is 1. The maximum atomic E-state index is 13.4. The number of urea groups is 1. The van der Waals surface area contributed by atoms with Gasteiger partial charge in [0.05, 0.1) is 31.4 Å². The summed E-state index contributed by atoms with van der Waals surface area (Å²) in [6.45, 7) is 0.489. The van der Waals surface area contributed by atoms with Crippen molar-refractivity contribution in [1.82, 2.24) is 20.0 Å². The molecule has 2 heterocycles. The van der Waals surface area contributed by atoms with E-state index in [1.54, 1.807) is 16.9 Å². The predicted octanol–water partition coefficient (Wildman–Crippen LogP) is 5.18. The van der Waals surface area contributed by atoms with Crippen molar-refractivity contribution in [3.8, 4) is 0 Å². The Balaban J connectivity index is 1.32. The molecule has 0 radical (unpaired) electrons. The number of rotatable bonds is 9. The highest BCUT2D eigenvalue weighted by Gasteiger charge is 2.41. The first-order valence-corrected chi connectivity index (χ1v) is 13.6. The number of amides is 3. The lowest BCUT2D eigenvalue weighted by atomic mass is 10.1. The van der Waals surface area contributed by atoms with E-state index in [-0.39, 0.29) is 28.5 Å². The van der Waals surface area contributed by atoms with E-state index in [9.17, 15) is 39.9 Å². The number of carbonyl (C=O) groups excluding carboxylic acids is 2. The molecule has 1 aliphatic rings. The van der Waals surface area contributed by atoms with Crippen molar-refractivity contribution < 1.29 is 24.4 Å². The van der Waals surface area contributed by atoms with E-state index >= 15 is 0 Å². The molecule has 1 aromatic heterocycles. The van der Waals surface area contributed by atoms with E-state index in [1.165, 1.54) is 66.7 Å². The smallest absolute Gasteiger partial charge is 0.325 e. The number of aryl methyl sites for hydroxylation is 1. The zero-order valence-corrected chi connectivity index (χ0v) is 22.9. The molecule has 1 fully saturated rings. The number of hydrogen-bond donors (Lipinski definition) is 1. The fourth-order valence-electron chi connectivity index (χ4n) is 4.42. The molecular weight excluding hydrogens is 582 g/mol. The fourth-order valence-corrected chi connectivity index (χ4v) is 5.66. The Kier molecular flexibility index (Phi) is 8.11. The van der Waals surface area contributed by atoms with Gasteiger partial charge in [0.1, 0.15) is 5.37 Å². The van der Waals surface area contributed by atoms with Gasteiger partial charge in [-0.1, -0.05) is 11.8 Å². The first-order valence-electron chi connectivity index (χ1n) is 12.7. The normalized spacial score (nSPS) is 15.6. The summed E-state index contributed by atoms with van der Waals surface area (Å²) >= 11 is 1.07. The van der Waals surface area contributed by atoms with Crippen molar-refractivity contribution in [2.45, 2.75) is 18.3 Å². The summed E-state index contributed by atoms with van der Waals surface area (Å²) in [7, 11) is 0. The van der Waals surface area contributed by atoms with Gasteiger partial charge in [0.15, 0.2) is 0 Å². The molecule has 218 valence electrons. The van der Waals surface area contributed by atoms with Crippen molar-refractivity contribution in [1.29, 1.82) is 0 Å². The topological polar surface area (TPSA) is 197 Å². The van der Waals surface area contributed by atoms with Crippen LogP contribution in [-0.2, 0) is 11.3 Å². The minimum atomic E-state index is -0.826. The highest BCUT2D eigenvalue weighted by molar-refractivity contribution is 8.04. The Hall–Kier alpha value is -5.64. The van der Waals surface area contributed by atoms with Crippen molar-refractivity contribution in [2.75, 3.05) is 6.54 Å². The fraction of sp³-hybridized carbons (Fsp3) is 0.148. The highest BCUT2D eigenvalue weighted by Crippen LogP contribution is 2.46. The van der Waals surface area contributed by atoms with Crippen LogP contribution in [0.1, 0.15) is 22.9 Å². The van der Waals surface area contributed by atoms with Crippen LogP contribution in [0.4, 0.5) is 21.9 Å². The lowest BCUT2D eigenvalue weighted by molar-refractivity contribution is -0.385. The molecule has 3 amide bonds. The number of thioether (sulfide) groups is 1. The van der Waals surface area contributed by atoms with Gasteiger partial charge in [-0.15, -0.1) is 0 Å². The van der Waals surface area contributed by atoms with Crippen molar-refractivity contribution in [3.05, 3.63) is 119 Å². The van der Waals surface area contributed by atoms with Gasteiger partial charge >= 0.3 is 6.03 Å². The lowest BCUT2D eigenvalue weighted by Gasteiger charge is -2.22. The van der Waals surface area contributed by atoms with Crippen LogP contribution < -0.4 is 5.32 Å². The summed E-state index contributed by atoms with van der Waals surface area (Å²) in [5.74, 6) is -0.602. The summed E-state index contributed by atoms with van der Waals surface area (Å²) in [5, 5.41) is 40.1. The Labute approximate surface area is 246 Å². The van der Waals surface area contributed by atoms with Gasteiger partial charge in [-0.25, -0.2) is 9.69 Å². The van der Waals surface area contributed by atoms with Crippen LogP contribution >= 0.6 is 11.8 Å². The van der Waals surface area contributed by atoms with Gasteiger partial charge in [0.2, 0.25) is 0 Å². The number of nitrogens with zero attached hydrogens (tertiary/aromatic N) is 6. The number of carbonyl (C=O) groups is 2. The SMILES string of the molecule is O=C(NCCCn1ncc2ccc([N+](=O)[O-])cc21)N1C(=O)/C(=C/c2ccc([N+](=O)[O-])cc2)SC1c1ccc([N+](=O)[O-])cc1. The van der Waals surface area contributed by atoms with Crippen LogP contribution in [0.3, 0.4) is 0 Å². The second kappa shape index (κ2) is 12.1. The number of aromatic nitrogens is 2. The number of fused-ring (bicyclic) bond motifs is 1. The number of nitrogens with one attached hydrogen (secondary N) is 1. The Morgan fingerprint density at radius 3 is 2.14 bits per heavy atom. The van der Waals surface area contributed by atoms with Crippen LogP contribution in [0, 0.1) is 30.3 Å². The maximum Gasteiger partial charge on any atom is 0.325 e. The minimum Gasteiger partial charge on any atom is -0.338 e. The maximum absolute atomic E-state index is 13.4. The van der Waals surface area contributed by atoms with E-state index in [1.807, 2.05) is 0 Å². The molecule has 43 heavy (non-hydrogen) atoms. The van der Waals surface area contributed by atoms with Gasteiger partial charge in [-0.2, -0.15) is 5.10 Å². The lowest BCUT2D eigenvalue weighted by Crippen LogP contribution is -2.42. The first kappa shape index (κ1) is 28.9. The van der Waals surface area contributed by atoms with Crippen LogP contribution in [0.25, 0.3) is 17.0 Å². The number of benzene rings is 3. The standard InChI is InChI=1S/C27H21N7O8S/c35-25-24(14-17-2-7-20(8-3-17)32(37)38)43-26(18-4-9-21(10-5-18)33(39)40)31(25)27(36)28-12-1-13-30-23-15-22(34(41)42)11-6-19(23)16-29-30/h2-11,14-16,26H,1,12-13H2,(H,28,36)/b24-14-. The zero-order chi connectivity index (χ0) is 30.7.